The lowest BCUT2D eigenvalue weighted by Gasteiger charge is -2.18. The first kappa shape index (κ1) is 22.4. The highest BCUT2D eigenvalue weighted by Crippen LogP contribution is 2.20. The molecule has 0 fully saturated rings. The number of methoxy groups -OCH3 is 1. The summed E-state index contributed by atoms with van der Waals surface area (Å²) in [4.78, 5) is 11.4. The molecule has 142 valence electrons. The van der Waals surface area contributed by atoms with Gasteiger partial charge in [0.2, 0.25) is 0 Å². The lowest BCUT2D eigenvalue weighted by molar-refractivity contribution is 0.0600. The van der Waals surface area contributed by atoms with Crippen molar-refractivity contribution < 1.29 is 19.0 Å². The van der Waals surface area contributed by atoms with E-state index in [2.05, 4.69) is 10.1 Å². The number of hydrogen-bond donors (Lipinski definition) is 2. The Kier molecular flexibility index (Phi) is 9.02. The topological polar surface area (TPSA) is 58.6 Å². The van der Waals surface area contributed by atoms with Crippen LogP contribution in [0.1, 0.15) is 34.5 Å². The van der Waals surface area contributed by atoms with Crippen LogP contribution in [-0.2, 0) is 11.2 Å². The molecule has 0 aliphatic heterocycles. The van der Waals surface area contributed by atoms with Crippen LogP contribution in [0.15, 0.2) is 42.5 Å². The molecular weight excluding hydrogens is 380 g/mol. The third-order valence-electron chi connectivity index (χ3n) is 3.91. The summed E-state index contributed by atoms with van der Waals surface area (Å²) in [6.45, 7) is 2.32. The van der Waals surface area contributed by atoms with Gasteiger partial charge in [-0.1, -0.05) is 29.8 Å². The highest BCUT2D eigenvalue weighted by molar-refractivity contribution is 6.30. The molecule has 0 saturated heterocycles. The molecule has 2 aromatic rings. The molecule has 0 heterocycles. The van der Waals surface area contributed by atoms with Crippen molar-refractivity contribution in [2.75, 3.05) is 13.7 Å². The molecule has 0 bridgehead atoms. The molecule has 4 nitrogen and oxygen atoms in total. The largest absolute Gasteiger partial charge is 0.465 e. The number of rotatable bonds is 7. The lowest BCUT2D eigenvalue weighted by atomic mass is 10.0. The molecule has 0 aromatic heterocycles. The van der Waals surface area contributed by atoms with E-state index in [0.29, 0.717) is 17.7 Å². The van der Waals surface area contributed by atoms with Gasteiger partial charge in [0.15, 0.2) is 0 Å². The Balaban J connectivity index is 0.00000338. The second-order valence-electron chi connectivity index (χ2n) is 5.89. The first-order chi connectivity index (χ1) is 11.9. The maximum Gasteiger partial charge on any atom is 0.337 e. The molecule has 0 spiro atoms. The first-order valence-corrected chi connectivity index (χ1v) is 8.32. The Bertz CT molecular complexity index is 725. The average Bonchev–Trinajstić information content (AvgIpc) is 2.62. The number of hydrogen-bond acceptors (Lipinski definition) is 4. The predicted molar refractivity (Wildman–Crippen MR) is 103 cm³/mol. The Hall–Kier alpha value is -1.66. The summed E-state index contributed by atoms with van der Waals surface area (Å²) >= 11 is 5.73. The molecule has 0 saturated carbocycles. The van der Waals surface area contributed by atoms with Crippen molar-refractivity contribution in [1.29, 1.82) is 0 Å². The zero-order valence-electron chi connectivity index (χ0n) is 14.5. The second kappa shape index (κ2) is 10.5. The van der Waals surface area contributed by atoms with Gasteiger partial charge in [-0.2, -0.15) is 0 Å². The van der Waals surface area contributed by atoms with Crippen LogP contribution in [0.2, 0.25) is 5.02 Å². The van der Waals surface area contributed by atoms with E-state index in [-0.39, 0.29) is 29.4 Å². The van der Waals surface area contributed by atoms with Gasteiger partial charge in [0, 0.05) is 12.6 Å². The minimum Gasteiger partial charge on any atom is -0.465 e. The summed E-state index contributed by atoms with van der Waals surface area (Å²) in [7, 11) is 1.35. The van der Waals surface area contributed by atoms with Crippen molar-refractivity contribution in [3.8, 4) is 0 Å². The number of esters is 1. The van der Waals surface area contributed by atoms with Crippen molar-refractivity contribution in [2.45, 2.75) is 25.5 Å². The number of aliphatic hydroxyl groups is 1. The van der Waals surface area contributed by atoms with E-state index in [1.807, 2.05) is 19.1 Å². The van der Waals surface area contributed by atoms with Gasteiger partial charge in [-0.05, 0) is 48.7 Å². The number of aliphatic hydroxyl groups excluding tert-OH is 1. The fraction of sp³-hybridized carbons (Fsp3) is 0.316. The fourth-order valence-electron chi connectivity index (χ4n) is 2.47. The van der Waals surface area contributed by atoms with Gasteiger partial charge in [-0.15, -0.1) is 12.4 Å². The highest BCUT2D eigenvalue weighted by Gasteiger charge is 2.12. The summed E-state index contributed by atoms with van der Waals surface area (Å²) in [6.07, 6.45) is -0.0412. The molecule has 2 rings (SSSR count). The van der Waals surface area contributed by atoms with Gasteiger partial charge >= 0.3 is 5.97 Å². The normalized spacial score (nSPS) is 12.8. The average molecular weight is 402 g/mol. The minimum atomic E-state index is -0.776. The quantitative estimate of drug-likeness (QED) is 0.689. The molecule has 26 heavy (non-hydrogen) atoms. The monoisotopic (exact) mass is 401 g/mol. The lowest BCUT2D eigenvalue weighted by Crippen LogP contribution is -2.32. The van der Waals surface area contributed by atoms with Gasteiger partial charge in [0.1, 0.15) is 5.82 Å². The SMILES string of the molecule is COC(=O)c1ccc(CC(C)NCC(O)c2ccc(F)c(Cl)c2)cc1.Cl. The van der Waals surface area contributed by atoms with Crippen LogP contribution in [0, 0.1) is 5.82 Å². The van der Waals surface area contributed by atoms with Crippen LogP contribution >= 0.6 is 24.0 Å². The molecule has 2 N–H and O–H groups in total. The van der Waals surface area contributed by atoms with Crippen LogP contribution in [0.4, 0.5) is 4.39 Å². The van der Waals surface area contributed by atoms with Gasteiger partial charge < -0.3 is 15.2 Å². The Labute approximate surface area is 163 Å². The van der Waals surface area contributed by atoms with Crippen LogP contribution < -0.4 is 5.32 Å². The van der Waals surface area contributed by atoms with Gasteiger partial charge in [-0.3, -0.25) is 0 Å². The zero-order valence-corrected chi connectivity index (χ0v) is 16.1. The van der Waals surface area contributed by atoms with Gasteiger partial charge in [-0.25, -0.2) is 9.18 Å². The third kappa shape index (κ3) is 6.25. The number of nitrogens with one attached hydrogen (secondary N) is 1. The van der Waals surface area contributed by atoms with Crippen molar-refractivity contribution in [2.24, 2.45) is 0 Å². The summed E-state index contributed by atoms with van der Waals surface area (Å²) in [5.41, 5.74) is 2.14. The van der Waals surface area contributed by atoms with Crippen LogP contribution in [0.5, 0.6) is 0 Å². The van der Waals surface area contributed by atoms with Crippen molar-refractivity contribution >= 4 is 30.0 Å². The number of carbonyl (C=O) groups is 1. The van der Waals surface area contributed by atoms with E-state index in [0.717, 1.165) is 12.0 Å². The Morgan fingerprint density at radius 1 is 1.27 bits per heavy atom. The van der Waals surface area contributed by atoms with Crippen molar-refractivity contribution in [1.82, 2.24) is 5.32 Å². The maximum atomic E-state index is 13.2. The molecule has 0 aliphatic rings. The molecule has 0 radical (unpaired) electrons. The summed E-state index contributed by atoms with van der Waals surface area (Å²) < 4.78 is 17.8. The number of carbonyl (C=O) groups excluding carboxylic acids is 1. The number of benzene rings is 2. The third-order valence-corrected chi connectivity index (χ3v) is 4.19. The van der Waals surface area contributed by atoms with Gasteiger partial charge in [0.05, 0.1) is 23.8 Å². The Morgan fingerprint density at radius 2 is 1.92 bits per heavy atom. The van der Waals surface area contributed by atoms with Crippen molar-refractivity contribution in [3.63, 3.8) is 0 Å². The second-order valence-corrected chi connectivity index (χ2v) is 6.30. The number of ether oxygens (including phenoxy) is 1. The van der Waals surface area contributed by atoms with E-state index < -0.39 is 11.9 Å². The minimum absolute atomic E-state index is 0. The molecule has 2 atom stereocenters. The molecular formula is C19H22Cl2FNO3. The first-order valence-electron chi connectivity index (χ1n) is 7.94. The van der Waals surface area contributed by atoms with Gasteiger partial charge in [0.25, 0.3) is 0 Å². The van der Waals surface area contributed by atoms with E-state index >= 15 is 0 Å². The molecule has 2 aromatic carbocycles. The van der Waals surface area contributed by atoms with Crippen molar-refractivity contribution in [3.05, 3.63) is 70.0 Å². The highest BCUT2D eigenvalue weighted by atomic mass is 35.5. The Morgan fingerprint density at radius 3 is 2.50 bits per heavy atom. The van der Waals surface area contributed by atoms with Crippen LogP contribution in [0.3, 0.4) is 0 Å². The van der Waals surface area contributed by atoms with E-state index in [1.165, 1.54) is 25.3 Å². The van der Waals surface area contributed by atoms with E-state index in [4.69, 9.17) is 11.6 Å². The predicted octanol–water partition coefficient (Wildman–Crippen LogP) is 3.94. The molecule has 0 amide bonds. The summed E-state index contributed by atoms with van der Waals surface area (Å²) in [5.74, 6) is -0.867. The van der Waals surface area contributed by atoms with Crippen LogP contribution in [0.25, 0.3) is 0 Å². The summed E-state index contributed by atoms with van der Waals surface area (Å²) in [5, 5.41) is 13.4. The maximum absolute atomic E-state index is 13.2. The molecule has 0 aliphatic carbocycles. The molecule has 7 heteroatoms. The fourth-order valence-corrected chi connectivity index (χ4v) is 2.66. The van der Waals surface area contributed by atoms with Crippen LogP contribution in [-0.4, -0.2) is 30.8 Å². The summed E-state index contributed by atoms with van der Waals surface area (Å²) in [6, 6.07) is 11.5. The zero-order chi connectivity index (χ0) is 18.4. The standard InChI is InChI=1S/C19H21ClFNO3.ClH/c1-12(9-13-3-5-14(6-4-13)19(24)25-2)22-11-18(23)15-7-8-17(21)16(20)10-15;/h3-8,10,12,18,22-23H,9,11H2,1-2H3;1H. The molecule has 2 unspecified atom stereocenters. The smallest absolute Gasteiger partial charge is 0.337 e. The number of halogens is 3. The van der Waals surface area contributed by atoms with E-state index in [1.54, 1.807) is 12.1 Å². The van der Waals surface area contributed by atoms with E-state index in [9.17, 15) is 14.3 Å².